The Morgan fingerprint density at radius 2 is 2.05 bits per heavy atom. The highest BCUT2D eigenvalue weighted by atomic mass is 79.9. The van der Waals surface area contributed by atoms with Crippen molar-refractivity contribution < 1.29 is 4.39 Å². The van der Waals surface area contributed by atoms with Crippen LogP contribution < -0.4 is 5.32 Å². The lowest BCUT2D eigenvalue weighted by Gasteiger charge is -2.17. The minimum Gasteiger partial charge on any atom is -0.309 e. The molecule has 0 amide bonds. The lowest BCUT2D eigenvalue weighted by Crippen LogP contribution is -2.17. The first kappa shape index (κ1) is 14.7. The fourth-order valence-corrected chi connectivity index (χ4v) is 4.26. The van der Waals surface area contributed by atoms with Gasteiger partial charge in [-0.1, -0.05) is 24.3 Å². The Labute approximate surface area is 135 Å². The second-order valence-corrected chi connectivity index (χ2v) is 6.77. The van der Waals surface area contributed by atoms with E-state index in [1.54, 1.807) is 24.3 Å². The van der Waals surface area contributed by atoms with Gasteiger partial charge >= 0.3 is 0 Å². The van der Waals surface area contributed by atoms with E-state index in [0.717, 1.165) is 10.0 Å². The molecule has 108 valence electrons. The maximum absolute atomic E-state index is 13.5. The van der Waals surface area contributed by atoms with E-state index in [-0.39, 0.29) is 11.9 Å². The van der Waals surface area contributed by atoms with Gasteiger partial charge in [-0.15, -0.1) is 11.3 Å². The molecule has 1 N–H and O–H groups in total. The summed E-state index contributed by atoms with van der Waals surface area (Å²) in [6, 6.07) is 11.6. The van der Waals surface area contributed by atoms with Gasteiger partial charge < -0.3 is 5.32 Å². The third-order valence-corrected chi connectivity index (χ3v) is 5.67. The number of benzene rings is 2. The maximum atomic E-state index is 13.5. The molecule has 21 heavy (non-hydrogen) atoms. The summed E-state index contributed by atoms with van der Waals surface area (Å²) in [6.45, 7) is 1.80. The normalized spacial score (nSPS) is 12.8. The van der Waals surface area contributed by atoms with Crippen molar-refractivity contribution in [2.75, 3.05) is 7.05 Å². The molecule has 0 aliphatic rings. The number of fused-ring (bicyclic) bond motifs is 1. The Bertz CT molecular complexity index is 797. The molecule has 0 fully saturated rings. The second kappa shape index (κ2) is 5.87. The van der Waals surface area contributed by atoms with Crippen LogP contribution in [0.3, 0.4) is 0 Å². The average Bonchev–Trinajstić information content (AvgIpc) is 2.89. The van der Waals surface area contributed by atoms with E-state index in [9.17, 15) is 4.39 Å². The van der Waals surface area contributed by atoms with Crippen LogP contribution in [-0.2, 0) is 0 Å². The highest BCUT2D eigenvalue weighted by Gasteiger charge is 2.18. The van der Waals surface area contributed by atoms with Gasteiger partial charge in [-0.3, -0.25) is 0 Å². The zero-order valence-corrected chi connectivity index (χ0v) is 14.2. The van der Waals surface area contributed by atoms with Crippen molar-refractivity contribution in [3.8, 4) is 0 Å². The van der Waals surface area contributed by atoms with Crippen LogP contribution in [0.2, 0.25) is 0 Å². The van der Waals surface area contributed by atoms with Gasteiger partial charge in [0.25, 0.3) is 0 Å². The molecule has 0 aliphatic heterocycles. The summed E-state index contributed by atoms with van der Waals surface area (Å²) in [5, 5.41) is 6.76. The zero-order chi connectivity index (χ0) is 15.0. The number of rotatable bonds is 3. The SMILES string of the molecule is CNC(c1ccc(F)c(C)c1)c1csc2c(Br)cccc12. The summed E-state index contributed by atoms with van der Waals surface area (Å²) < 4.78 is 15.8. The van der Waals surface area contributed by atoms with E-state index < -0.39 is 0 Å². The van der Waals surface area contributed by atoms with Crippen molar-refractivity contribution in [2.45, 2.75) is 13.0 Å². The van der Waals surface area contributed by atoms with E-state index in [2.05, 4.69) is 38.8 Å². The predicted molar refractivity (Wildman–Crippen MR) is 91.6 cm³/mol. The average molecular weight is 364 g/mol. The Kier molecular flexibility index (Phi) is 4.11. The van der Waals surface area contributed by atoms with Crippen LogP contribution in [0.1, 0.15) is 22.7 Å². The summed E-state index contributed by atoms with van der Waals surface area (Å²) in [7, 11) is 1.94. The molecule has 1 unspecified atom stereocenters. The van der Waals surface area contributed by atoms with Crippen molar-refractivity contribution in [2.24, 2.45) is 0 Å². The summed E-state index contributed by atoms with van der Waals surface area (Å²) >= 11 is 5.32. The number of hydrogen-bond acceptors (Lipinski definition) is 2. The second-order valence-electron chi connectivity index (χ2n) is 5.04. The Morgan fingerprint density at radius 3 is 2.76 bits per heavy atom. The van der Waals surface area contributed by atoms with Crippen LogP contribution in [0, 0.1) is 12.7 Å². The van der Waals surface area contributed by atoms with Crippen molar-refractivity contribution in [1.82, 2.24) is 5.32 Å². The van der Waals surface area contributed by atoms with Crippen LogP contribution >= 0.6 is 27.3 Å². The summed E-state index contributed by atoms with van der Waals surface area (Å²) in [4.78, 5) is 0. The fourth-order valence-electron chi connectivity index (χ4n) is 2.61. The van der Waals surface area contributed by atoms with Crippen molar-refractivity contribution in [1.29, 1.82) is 0 Å². The summed E-state index contributed by atoms with van der Waals surface area (Å²) in [5.41, 5.74) is 2.98. The molecule has 2 aromatic carbocycles. The van der Waals surface area contributed by atoms with Gasteiger partial charge in [-0.25, -0.2) is 4.39 Å². The van der Waals surface area contributed by atoms with E-state index in [1.165, 1.54) is 15.6 Å². The lowest BCUT2D eigenvalue weighted by molar-refractivity contribution is 0.614. The van der Waals surface area contributed by atoms with Crippen molar-refractivity contribution >= 4 is 37.4 Å². The van der Waals surface area contributed by atoms with Gasteiger partial charge in [0.15, 0.2) is 0 Å². The van der Waals surface area contributed by atoms with Gasteiger partial charge in [0, 0.05) is 9.17 Å². The van der Waals surface area contributed by atoms with Crippen LogP contribution in [0.5, 0.6) is 0 Å². The van der Waals surface area contributed by atoms with E-state index in [1.807, 2.05) is 25.2 Å². The number of thiophene rings is 1. The standard InChI is InChI=1S/C17H15BrFNS/c1-10-8-11(6-7-15(10)19)16(20-2)13-9-21-17-12(13)4-3-5-14(17)18/h3-9,16,20H,1-2H3. The Morgan fingerprint density at radius 1 is 1.24 bits per heavy atom. The first-order chi connectivity index (χ1) is 10.1. The molecule has 1 atom stereocenters. The van der Waals surface area contributed by atoms with Crippen molar-refractivity contribution in [3.05, 3.63) is 68.8 Å². The topological polar surface area (TPSA) is 12.0 Å². The molecule has 4 heteroatoms. The van der Waals surface area contributed by atoms with Crippen LogP contribution in [0.4, 0.5) is 4.39 Å². The molecule has 0 radical (unpaired) electrons. The third-order valence-electron chi connectivity index (χ3n) is 3.70. The number of halogens is 2. The summed E-state index contributed by atoms with van der Waals surface area (Å²) in [5.74, 6) is -0.161. The lowest BCUT2D eigenvalue weighted by atomic mass is 9.97. The molecule has 0 bridgehead atoms. The van der Waals surface area contributed by atoms with Gasteiger partial charge in [-0.05, 0) is 69.5 Å². The van der Waals surface area contributed by atoms with Gasteiger partial charge in [0.05, 0.1) is 6.04 Å². The molecular weight excluding hydrogens is 349 g/mol. The van der Waals surface area contributed by atoms with Crippen molar-refractivity contribution in [3.63, 3.8) is 0 Å². The highest BCUT2D eigenvalue weighted by Crippen LogP contribution is 2.37. The van der Waals surface area contributed by atoms with E-state index >= 15 is 0 Å². The molecule has 1 nitrogen and oxygen atoms in total. The highest BCUT2D eigenvalue weighted by molar-refractivity contribution is 9.10. The molecule has 0 saturated carbocycles. The molecular formula is C17H15BrFNS. The molecule has 0 saturated heterocycles. The third kappa shape index (κ3) is 2.63. The van der Waals surface area contributed by atoms with E-state index in [0.29, 0.717) is 5.56 Å². The first-order valence-electron chi connectivity index (χ1n) is 6.70. The largest absolute Gasteiger partial charge is 0.309 e. The number of aryl methyl sites for hydroxylation is 1. The molecule has 3 aromatic rings. The molecule has 0 aliphatic carbocycles. The van der Waals surface area contributed by atoms with Crippen LogP contribution in [0.15, 0.2) is 46.3 Å². The fraction of sp³-hybridized carbons (Fsp3) is 0.176. The minimum atomic E-state index is -0.161. The van der Waals surface area contributed by atoms with Gasteiger partial charge in [0.2, 0.25) is 0 Å². The minimum absolute atomic E-state index is 0.0624. The van der Waals surface area contributed by atoms with Gasteiger partial charge in [0.1, 0.15) is 5.82 Å². The molecule has 1 heterocycles. The number of nitrogens with one attached hydrogen (secondary N) is 1. The van der Waals surface area contributed by atoms with Crippen LogP contribution in [0.25, 0.3) is 10.1 Å². The Balaban J connectivity index is 2.14. The smallest absolute Gasteiger partial charge is 0.126 e. The Hall–Kier alpha value is -1.23. The first-order valence-corrected chi connectivity index (χ1v) is 8.38. The van der Waals surface area contributed by atoms with Gasteiger partial charge in [-0.2, -0.15) is 0 Å². The number of hydrogen-bond donors (Lipinski definition) is 1. The monoisotopic (exact) mass is 363 g/mol. The van der Waals surface area contributed by atoms with Crippen LogP contribution in [-0.4, -0.2) is 7.05 Å². The predicted octanol–water partition coefficient (Wildman–Crippen LogP) is 5.42. The quantitative estimate of drug-likeness (QED) is 0.654. The maximum Gasteiger partial charge on any atom is 0.126 e. The zero-order valence-electron chi connectivity index (χ0n) is 11.8. The van der Waals surface area contributed by atoms with E-state index in [4.69, 9.17) is 0 Å². The molecule has 0 spiro atoms. The molecule has 1 aromatic heterocycles. The molecule has 3 rings (SSSR count). The summed E-state index contributed by atoms with van der Waals surface area (Å²) in [6.07, 6.45) is 0.